The third-order valence-electron chi connectivity index (χ3n) is 2.76. The summed E-state index contributed by atoms with van der Waals surface area (Å²) in [5.74, 6) is 1.15. The molecule has 4 N–H and O–H groups in total. The lowest BCUT2D eigenvalue weighted by Crippen LogP contribution is -2.49. The first kappa shape index (κ1) is 17.8. The smallest absolute Gasteiger partial charge is 0.231 e. The van der Waals surface area contributed by atoms with Crippen LogP contribution in [0.4, 0.5) is 11.9 Å². The first-order chi connectivity index (χ1) is 10.2. The van der Waals surface area contributed by atoms with Crippen LogP contribution < -0.4 is 26.6 Å². The number of aromatic nitrogens is 3. The van der Waals surface area contributed by atoms with E-state index in [1.54, 1.807) is 0 Å². The van der Waals surface area contributed by atoms with Crippen LogP contribution in [-0.4, -0.2) is 47.7 Å². The van der Waals surface area contributed by atoms with Crippen molar-refractivity contribution in [2.45, 2.75) is 27.2 Å². The minimum absolute atomic E-state index is 0.225. The molecule has 9 heteroatoms. The number of hydrazine groups is 2. The Morgan fingerprint density at radius 2 is 1.76 bits per heavy atom. The van der Waals surface area contributed by atoms with Gasteiger partial charge in [-0.05, 0) is 38.8 Å². The molecule has 0 saturated carbocycles. The molecule has 120 valence electrons. The van der Waals surface area contributed by atoms with E-state index in [2.05, 4.69) is 36.7 Å². The molecule has 0 bridgehead atoms. The van der Waals surface area contributed by atoms with Crippen molar-refractivity contribution in [1.29, 1.82) is 0 Å². The van der Waals surface area contributed by atoms with Gasteiger partial charge in [0.05, 0.1) is 0 Å². The summed E-state index contributed by atoms with van der Waals surface area (Å²) in [4.78, 5) is 14.4. The summed E-state index contributed by atoms with van der Waals surface area (Å²) < 4.78 is 0. The zero-order valence-electron chi connectivity index (χ0n) is 12.9. The lowest BCUT2D eigenvalue weighted by Gasteiger charge is -2.18. The molecule has 0 amide bonds. The summed E-state index contributed by atoms with van der Waals surface area (Å²) in [6.45, 7) is 10.7. The van der Waals surface area contributed by atoms with Gasteiger partial charge in [0.25, 0.3) is 0 Å². The summed E-state index contributed by atoms with van der Waals surface area (Å²) >= 11 is 5.81. The molecule has 0 radical (unpaired) electrons. The van der Waals surface area contributed by atoms with Crippen molar-refractivity contribution in [2.75, 3.05) is 42.9 Å². The fourth-order valence-corrected chi connectivity index (χ4v) is 1.83. The molecule has 21 heavy (non-hydrogen) atoms. The van der Waals surface area contributed by atoms with Crippen LogP contribution in [0.2, 0.25) is 5.28 Å². The number of nitrogens with zero attached hydrogens (tertiary/aromatic N) is 4. The van der Waals surface area contributed by atoms with E-state index in [1.807, 2.05) is 25.7 Å². The minimum atomic E-state index is 0.225. The standard InChI is InChI=1S/C9H16ClN5.C3H9N3/c1-4-11-8-12-7(10)13-9(14-8)15(5-2)6-3;1-2-4-6-5-3-1/h4-6H2,1-3H3,(H,11,12,13,14);4-6H,1-3H2. The van der Waals surface area contributed by atoms with E-state index in [1.165, 1.54) is 6.42 Å². The Hall–Kier alpha value is -1.22. The number of halogens is 1. The molecular formula is C12H25ClN8. The maximum absolute atomic E-state index is 5.81. The summed E-state index contributed by atoms with van der Waals surface area (Å²) in [7, 11) is 0. The Labute approximate surface area is 131 Å². The highest BCUT2D eigenvalue weighted by molar-refractivity contribution is 6.28. The van der Waals surface area contributed by atoms with Crippen LogP contribution in [0, 0.1) is 0 Å². The molecule has 0 aromatic carbocycles. The van der Waals surface area contributed by atoms with E-state index in [-0.39, 0.29) is 5.28 Å². The van der Waals surface area contributed by atoms with Gasteiger partial charge in [-0.2, -0.15) is 20.5 Å². The van der Waals surface area contributed by atoms with Crippen LogP contribution in [0.1, 0.15) is 27.2 Å². The van der Waals surface area contributed by atoms with E-state index in [0.29, 0.717) is 11.9 Å². The predicted octanol–water partition coefficient (Wildman–Crippen LogP) is 0.792. The van der Waals surface area contributed by atoms with E-state index in [9.17, 15) is 0 Å². The molecule has 8 nitrogen and oxygen atoms in total. The second kappa shape index (κ2) is 10.5. The highest BCUT2D eigenvalue weighted by atomic mass is 35.5. The average molecular weight is 317 g/mol. The molecule has 1 saturated heterocycles. The van der Waals surface area contributed by atoms with Crippen molar-refractivity contribution in [3.63, 3.8) is 0 Å². The van der Waals surface area contributed by atoms with Crippen LogP contribution in [-0.2, 0) is 0 Å². The average Bonchev–Trinajstić information content (AvgIpc) is 2.51. The Bertz CT molecular complexity index is 383. The Morgan fingerprint density at radius 1 is 1.10 bits per heavy atom. The highest BCUT2D eigenvalue weighted by Crippen LogP contribution is 2.13. The quantitative estimate of drug-likeness (QED) is 0.634. The van der Waals surface area contributed by atoms with Gasteiger partial charge in [-0.15, -0.1) is 0 Å². The van der Waals surface area contributed by atoms with Gasteiger partial charge in [-0.1, -0.05) is 0 Å². The van der Waals surface area contributed by atoms with Crippen molar-refractivity contribution in [1.82, 2.24) is 31.3 Å². The SMILES string of the molecule is C1CNNNC1.CCNc1nc(Cl)nc(N(CC)CC)n1. The molecule has 1 aliphatic rings. The number of anilines is 2. The predicted molar refractivity (Wildman–Crippen MR) is 86.3 cm³/mol. The molecule has 0 spiro atoms. The number of hydrogen-bond donors (Lipinski definition) is 4. The maximum atomic E-state index is 5.81. The third kappa shape index (κ3) is 6.85. The lowest BCUT2D eigenvalue weighted by molar-refractivity contribution is 0.372. The van der Waals surface area contributed by atoms with Crippen molar-refractivity contribution in [3.05, 3.63) is 5.28 Å². The van der Waals surface area contributed by atoms with Crippen molar-refractivity contribution in [3.8, 4) is 0 Å². The second-order valence-electron chi connectivity index (χ2n) is 4.26. The lowest BCUT2D eigenvalue weighted by atomic mass is 10.4. The molecule has 0 unspecified atom stereocenters. The van der Waals surface area contributed by atoms with Gasteiger partial charge in [0, 0.05) is 32.7 Å². The summed E-state index contributed by atoms with van der Waals surface area (Å²) in [5.41, 5.74) is 8.63. The van der Waals surface area contributed by atoms with Crippen LogP contribution >= 0.6 is 11.6 Å². The van der Waals surface area contributed by atoms with E-state index < -0.39 is 0 Å². The zero-order chi connectivity index (χ0) is 15.5. The van der Waals surface area contributed by atoms with Crippen molar-refractivity contribution in [2.24, 2.45) is 0 Å². The van der Waals surface area contributed by atoms with Crippen LogP contribution in [0.5, 0.6) is 0 Å². The van der Waals surface area contributed by atoms with E-state index in [0.717, 1.165) is 32.7 Å². The molecule has 2 rings (SSSR count). The Kier molecular flexibility index (Phi) is 8.91. The molecule has 1 fully saturated rings. The van der Waals surface area contributed by atoms with Crippen molar-refractivity contribution >= 4 is 23.5 Å². The molecule has 1 aromatic rings. The number of rotatable bonds is 5. The fraction of sp³-hybridized carbons (Fsp3) is 0.750. The van der Waals surface area contributed by atoms with E-state index >= 15 is 0 Å². The topological polar surface area (TPSA) is 90.0 Å². The van der Waals surface area contributed by atoms with Gasteiger partial charge in [-0.3, -0.25) is 0 Å². The summed E-state index contributed by atoms with van der Waals surface area (Å²) in [5, 5.41) is 3.24. The largest absolute Gasteiger partial charge is 0.354 e. The Balaban J connectivity index is 0.000000304. The summed E-state index contributed by atoms with van der Waals surface area (Å²) in [6, 6.07) is 0. The number of hydrogen-bond acceptors (Lipinski definition) is 8. The molecule has 2 heterocycles. The van der Waals surface area contributed by atoms with Gasteiger partial charge in [0.2, 0.25) is 17.2 Å². The first-order valence-electron chi connectivity index (χ1n) is 7.32. The normalized spacial score (nSPS) is 14.1. The fourth-order valence-electron chi connectivity index (χ4n) is 1.68. The van der Waals surface area contributed by atoms with E-state index in [4.69, 9.17) is 11.6 Å². The molecule has 0 atom stereocenters. The monoisotopic (exact) mass is 316 g/mol. The molecular weight excluding hydrogens is 292 g/mol. The number of nitrogens with one attached hydrogen (secondary N) is 4. The van der Waals surface area contributed by atoms with Crippen molar-refractivity contribution < 1.29 is 0 Å². The first-order valence-corrected chi connectivity index (χ1v) is 7.70. The molecule has 1 aromatic heterocycles. The molecule has 0 aliphatic carbocycles. The zero-order valence-corrected chi connectivity index (χ0v) is 13.7. The third-order valence-corrected chi connectivity index (χ3v) is 2.93. The van der Waals surface area contributed by atoms with Gasteiger partial charge in [0.1, 0.15) is 0 Å². The maximum Gasteiger partial charge on any atom is 0.231 e. The minimum Gasteiger partial charge on any atom is -0.354 e. The summed E-state index contributed by atoms with van der Waals surface area (Å²) in [6.07, 6.45) is 1.22. The van der Waals surface area contributed by atoms with Crippen LogP contribution in [0.25, 0.3) is 0 Å². The van der Waals surface area contributed by atoms with Crippen LogP contribution in [0.3, 0.4) is 0 Å². The second-order valence-corrected chi connectivity index (χ2v) is 4.60. The Morgan fingerprint density at radius 3 is 2.19 bits per heavy atom. The van der Waals surface area contributed by atoms with Gasteiger partial charge >= 0.3 is 0 Å². The van der Waals surface area contributed by atoms with Gasteiger partial charge in [0.15, 0.2) is 0 Å². The van der Waals surface area contributed by atoms with Gasteiger partial charge in [-0.25, -0.2) is 10.9 Å². The highest BCUT2D eigenvalue weighted by Gasteiger charge is 2.09. The van der Waals surface area contributed by atoms with Crippen LogP contribution in [0.15, 0.2) is 0 Å². The molecule has 1 aliphatic heterocycles. The van der Waals surface area contributed by atoms with Gasteiger partial charge < -0.3 is 10.2 Å².